The summed E-state index contributed by atoms with van der Waals surface area (Å²) < 4.78 is 7.31. The second-order valence-corrected chi connectivity index (χ2v) is 6.11. The molecule has 0 amide bonds. The summed E-state index contributed by atoms with van der Waals surface area (Å²) in [5.41, 5.74) is 3.94. The van der Waals surface area contributed by atoms with Crippen molar-refractivity contribution in [1.29, 1.82) is 0 Å². The van der Waals surface area contributed by atoms with Gasteiger partial charge < -0.3 is 14.3 Å². The Morgan fingerprint density at radius 3 is 2.58 bits per heavy atom. The molecule has 0 saturated carbocycles. The van der Waals surface area contributed by atoms with Gasteiger partial charge >= 0.3 is 0 Å². The number of benzene rings is 2. The van der Waals surface area contributed by atoms with Gasteiger partial charge in [0.15, 0.2) is 0 Å². The summed E-state index contributed by atoms with van der Waals surface area (Å²) >= 11 is 0. The highest BCUT2D eigenvalue weighted by Crippen LogP contribution is 2.29. The molecule has 0 aliphatic heterocycles. The molecule has 26 heavy (non-hydrogen) atoms. The number of fused-ring (bicyclic) bond motifs is 1. The van der Waals surface area contributed by atoms with Crippen LogP contribution in [0.5, 0.6) is 5.75 Å². The van der Waals surface area contributed by atoms with Crippen LogP contribution in [0.25, 0.3) is 11.0 Å². The Labute approximate surface area is 150 Å². The van der Waals surface area contributed by atoms with Crippen LogP contribution in [0.2, 0.25) is 0 Å². The number of H-pyrrole nitrogens is 1. The summed E-state index contributed by atoms with van der Waals surface area (Å²) in [6, 6.07) is 13.8. The van der Waals surface area contributed by atoms with E-state index in [1.165, 1.54) is 0 Å². The molecule has 130 valence electrons. The molecule has 6 nitrogen and oxygen atoms in total. The van der Waals surface area contributed by atoms with Gasteiger partial charge in [-0.15, -0.1) is 0 Å². The van der Waals surface area contributed by atoms with E-state index in [1.807, 2.05) is 53.2 Å². The van der Waals surface area contributed by atoms with Gasteiger partial charge in [-0.2, -0.15) is 0 Å². The van der Waals surface area contributed by atoms with Gasteiger partial charge in [0.05, 0.1) is 30.5 Å². The molecule has 0 aliphatic carbocycles. The second kappa shape index (κ2) is 6.48. The fourth-order valence-corrected chi connectivity index (χ4v) is 3.11. The highest BCUT2D eigenvalue weighted by molar-refractivity contribution is 5.75. The lowest BCUT2D eigenvalue weighted by molar-refractivity contribution is 0.414. The second-order valence-electron chi connectivity index (χ2n) is 6.11. The number of ether oxygens (including phenoxy) is 1. The zero-order chi connectivity index (χ0) is 18.1. The lowest BCUT2D eigenvalue weighted by Gasteiger charge is -2.20. The van der Waals surface area contributed by atoms with Crippen LogP contribution in [0, 0.1) is 6.92 Å². The average molecular weight is 346 g/mol. The van der Waals surface area contributed by atoms with Crippen molar-refractivity contribution < 1.29 is 4.74 Å². The minimum Gasteiger partial charge on any atom is -0.497 e. The summed E-state index contributed by atoms with van der Waals surface area (Å²) in [7, 11) is 1.65. The summed E-state index contributed by atoms with van der Waals surface area (Å²) in [5.74, 6) is 0.812. The summed E-state index contributed by atoms with van der Waals surface area (Å²) in [6.07, 6.45) is 5.49. The molecule has 0 spiro atoms. The molecule has 1 unspecified atom stereocenters. The van der Waals surface area contributed by atoms with E-state index in [0.29, 0.717) is 5.69 Å². The Hall–Kier alpha value is -3.41. The maximum absolute atomic E-state index is 11.8. The normalized spacial score (nSPS) is 12.2. The van der Waals surface area contributed by atoms with Crippen LogP contribution in [-0.2, 0) is 0 Å². The Kier molecular flexibility index (Phi) is 4.01. The Morgan fingerprint density at radius 2 is 1.88 bits per heavy atom. The van der Waals surface area contributed by atoms with E-state index in [4.69, 9.17) is 4.74 Å². The Balaban J connectivity index is 1.87. The number of aromatic nitrogens is 4. The lowest BCUT2D eigenvalue weighted by Crippen LogP contribution is -2.13. The topological polar surface area (TPSA) is 72.8 Å². The molecule has 2 heterocycles. The molecule has 0 saturated heterocycles. The minimum absolute atomic E-state index is 0.0539. The van der Waals surface area contributed by atoms with Crippen molar-refractivity contribution in [3.63, 3.8) is 0 Å². The van der Waals surface area contributed by atoms with E-state index in [-0.39, 0.29) is 11.6 Å². The number of nitrogens with one attached hydrogen (secondary N) is 1. The fourth-order valence-electron chi connectivity index (χ4n) is 3.11. The predicted octanol–water partition coefficient (Wildman–Crippen LogP) is 3.07. The molecule has 1 N–H and O–H groups in total. The van der Waals surface area contributed by atoms with E-state index in [1.54, 1.807) is 26.6 Å². The first-order valence-corrected chi connectivity index (χ1v) is 8.27. The molecule has 0 radical (unpaired) electrons. The Bertz CT molecular complexity index is 1100. The van der Waals surface area contributed by atoms with E-state index in [9.17, 15) is 4.79 Å². The third-order valence-corrected chi connectivity index (χ3v) is 4.46. The van der Waals surface area contributed by atoms with Crippen LogP contribution in [0.3, 0.4) is 0 Å². The first-order valence-electron chi connectivity index (χ1n) is 8.27. The maximum Gasteiger partial charge on any atom is 0.269 e. The summed E-state index contributed by atoms with van der Waals surface area (Å²) in [6.45, 7) is 1.71. The number of hydrogen-bond acceptors (Lipinski definition) is 4. The van der Waals surface area contributed by atoms with Crippen molar-refractivity contribution in [1.82, 2.24) is 19.5 Å². The zero-order valence-electron chi connectivity index (χ0n) is 14.5. The maximum atomic E-state index is 11.8. The van der Waals surface area contributed by atoms with Crippen molar-refractivity contribution in [2.45, 2.75) is 13.0 Å². The largest absolute Gasteiger partial charge is 0.497 e. The van der Waals surface area contributed by atoms with E-state index in [0.717, 1.165) is 27.9 Å². The van der Waals surface area contributed by atoms with Crippen LogP contribution >= 0.6 is 0 Å². The van der Waals surface area contributed by atoms with Gasteiger partial charge in [-0.05, 0) is 42.3 Å². The van der Waals surface area contributed by atoms with Gasteiger partial charge in [0, 0.05) is 12.4 Å². The van der Waals surface area contributed by atoms with Crippen LogP contribution in [0.15, 0.2) is 66.0 Å². The van der Waals surface area contributed by atoms with Crippen LogP contribution in [0.4, 0.5) is 0 Å². The number of rotatable bonds is 4. The molecule has 2 aromatic carbocycles. The summed E-state index contributed by atoms with van der Waals surface area (Å²) in [5, 5.41) is 0. The number of hydrogen-bond donors (Lipinski definition) is 1. The van der Waals surface area contributed by atoms with E-state index < -0.39 is 0 Å². The van der Waals surface area contributed by atoms with Gasteiger partial charge in [0.1, 0.15) is 11.4 Å². The molecular weight excluding hydrogens is 328 g/mol. The monoisotopic (exact) mass is 346 g/mol. The molecule has 6 heteroatoms. The van der Waals surface area contributed by atoms with Crippen molar-refractivity contribution in [3.8, 4) is 5.75 Å². The molecular formula is C20H18N4O2. The first-order chi connectivity index (χ1) is 12.7. The van der Waals surface area contributed by atoms with Crippen LogP contribution < -0.4 is 10.3 Å². The molecule has 2 aromatic heterocycles. The highest BCUT2D eigenvalue weighted by atomic mass is 16.5. The van der Waals surface area contributed by atoms with Gasteiger partial charge in [-0.25, -0.2) is 9.97 Å². The van der Waals surface area contributed by atoms with E-state index >= 15 is 0 Å². The molecule has 0 fully saturated rings. The van der Waals surface area contributed by atoms with Crippen LogP contribution in [-0.4, -0.2) is 26.6 Å². The highest BCUT2D eigenvalue weighted by Gasteiger charge is 2.17. The molecule has 4 rings (SSSR count). The predicted molar refractivity (Wildman–Crippen MR) is 99.6 cm³/mol. The van der Waals surface area contributed by atoms with E-state index in [2.05, 4.69) is 15.0 Å². The zero-order valence-corrected chi connectivity index (χ0v) is 14.5. The average Bonchev–Trinajstić information content (AvgIpc) is 3.18. The number of aryl methyl sites for hydroxylation is 1. The smallest absolute Gasteiger partial charge is 0.269 e. The number of nitrogens with zero attached hydrogens (tertiary/aromatic N) is 3. The summed E-state index contributed by atoms with van der Waals surface area (Å²) in [4.78, 5) is 23.3. The fraction of sp³-hybridized carbons (Fsp3) is 0.150. The number of methoxy groups -OCH3 is 1. The van der Waals surface area contributed by atoms with Crippen LogP contribution in [0.1, 0.15) is 22.9 Å². The van der Waals surface area contributed by atoms with Gasteiger partial charge in [0.2, 0.25) is 0 Å². The minimum atomic E-state index is -0.161. The van der Waals surface area contributed by atoms with Crippen molar-refractivity contribution in [2.24, 2.45) is 0 Å². The quantitative estimate of drug-likeness (QED) is 0.616. The lowest BCUT2D eigenvalue weighted by atomic mass is 9.97. The van der Waals surface area contributed by atoms with Crippen molar-refractivity contribution >= 4 is 11.0 Å². The van der Waals surface area contributed by atoms with Crippen molar-refractivity contribution in [2.75, 3.05) is 7.11 Å². The van der Waals surface area contributed by atoms with Crippen molar-refractivity contribution in [3.05, 3.63) is 88.4 Å². The standard InChI is InChI=1S/C20H18N4O2/c1-13-20(25)23-17-8-5-15(11-18(17)22-13)19(24-10-9-21-12-24)14-3-6-16(26-2)7-4-14/h3-12,19H,1-2H3,(H,23,25). The molecule has 0 bridgehead atoms. The van der Waals surface area contributed by atoms with Gasteiger partial charge in [-0.1, -0.05) is 18.2 Å². The Morgan fingerprint density at radius 1 is 1.12 bits per heavy atom. The third-order valence-electron chi connectivity index (χ3n) is 4.46. The number of aromatic amines is 1. The third kappa shape index (κ3) is 2.86. The number of imidazole rings is 1. The van der Waals surface area contributed by atoms with Gasteiger partial charge in [-0.3, -0.25) is 4.79 Å². The molecule has 0 aliphatic rings. The molecule has 4 aromatic rings. The first kappa shape index (κ1) is 16.1. The van der Waals surface area contributed by atoms with Gasteiger partial charge in [0.25, 0.3) is 5.56 Å². The molecule has 1 atom stereocenters. The SMILES string of the molecule is COc1ccc(C(c2ccc3[nH]c(=O)c(C)nc3c2)n2ccnc2)cc1.